The van der Waals surface area contributed by atoms with Gasteiger partial charge in [-0.15, -0.1) is 11.3 Å². The minimum Gasteiger partial charge on any atom is -0.444 e. The van der Waals surface area contributed by atoms with Crippen LogP contribution in [0.15, 0.2) is 42.7 Å². The Morgan fingerprint density at radius 2 is 1.62 bits per heavy atom. The van der Waals surface area contributed by atoms with Crippen molar-refractivity contribution in [3.05, 3.63) is 53.2 Å². The number of carbonyl (C=O) groups excluding carboxylic acids is 2. The Bertz CT molecular complexity index is 1290. The van der Waals surface area contributed by atoms with Gasteiger partial charge in [0.2, 0.25) is 5.91 Å². The first kappa shape index (κ1) is 27.3. The molecule has 0 aliphatic carbocycles. The molecule has 2 fully saturated rings. The predicted octanol–water partition coefficient (Wildman–Crippen LogP) is 4.20. The Balaban J connectivity index is 1.27. The van der Waals surface area contributed by atoms with Crippen molar-refractivity contribution in [1.82, 2.24) is 24.7 Å². The first-order valence-corrected chi connectivity index (χ1v) is 14.6. The summed E-state index contributed by atoms with van der Waals surface area (Å²) in [6.45, 7) is 12.8. The molecule has 0 bridgehead atoms. The van der Waals surface area contributed by atoms with Gasteiger partial charge in [-0.25, -0.2) is 14.8 Å². The summed E-state index contributed by atoms with van der Waals surface area (Å²) >= 11 is 1.72. The van der Waals surface area contributed by atoms with Crippen molar-refractivity contribution in [3.63, 3.8) is 0 Å². The highest BCUT2D eigenvalue weighted by Gasteiger charge is 2.36. The number of aryl methyl sites for hydroxylation is 1. The molecule has 2 saturated heterocycles. The third kappa shape index (κ3) is 6.17. The molecule has 9 nitrogen and oxygen atoms in total. The maximum absolute atomic E-state index is 14.0. The Hall–Kier alpha value is -3.24. The second kappa shape index (κ2) is 11.5. The van der Waals surface area contributed by atoms with Crippen molar-refractivity contribution in [2.24, 2.45) is 0 Å². The maximum atomic E-state index is 14.0. The van der Waals surface area contributed by atoms with Crippen LogP contribution in [0.3, 0.4) is 0 Å². The fourth-order valence-electron chi connectivity index (χ4n) is 5.26. The first-order chi connectivity index (χ1) is 18.7. The molecule has 208 valence electrons. The van der Waals surface area contributed by atoms with Crippen molar-refractivity contribution in [2.75, 3.05) is 57.3 Å². The molecule has 0 N–H and O–H groups in total. The maximum Gasteiger partial charge on any atom is 0.410 e. The van der Waals surface area contributed by atoms with Gasteiger partial charge in [-0.05, 0) is 38.8 Å². The van der Waals surface area contributed by atoms with E-state index in [1.807, 2.05) is 56.0 Å². The highest BCUT2D eigenvalue weighted by molar-refractivity contribution is 7.18. The summed E-state index contributed by atoms with van der Waals surface area (Å²) in [5.41, 5.74) is 0.455. The fraction of sp³-hybridized carbons (Fsp3) is 0.517. The molecule has 2 aliphatic heterocycles. The van der Waals surface area contributed by atoms with Crippen molar-refractivity contribution >= 4 is 39.4 Å². The van der Waals surface area contributed by atoms with Gasteiger partial charge in [0.05, 0.1) is 5.39 Å². The van der Waals surface area contributed by atoms with E-state index < -0.39 is 5.60 Å². The van der Waals surface area contributed by atoms with Gasteiger partial charge in [-0.3, -0.25) is 9.69 Å². The second-order valence-electron chi connectivity index (χ2n) is 11.1. The number of nitrogens with zero attached hydrogens (tertiary/aromatic N) is 6. The van der Waals surface area contributed by atoms with E-state index in [0.29, 0.717) is 39.3 Å². The Morgan fingerprint density at radius 1 is 0.949 bits per heavy atom. The lowest BCUT2D eigenvalue weighted by atomic mass is 10.0. The molecule has 5 rings (SSSR count). The summed E-state index contributed by atoms with van der Waals surface area (Å²) in [5, 5.41) is 1.10. The number of ether oxygens (including phenoxy) is 1. The Labute approximate surface area is 234 Å². The molecular formula is C29H38N6O3S. The average molecular weight is 551 g/mol. The highest BCUT2D eigenvalue weighted by atomic mass is 32.1. The van der Waals surface area contributed by atoms with Crippen LogP contribution in [0.25, 0.3) is 10.2 Å². The summed E-state index contributed by atoms with van der Waals surface area (Å²) in [7, 11) is 0. The van der Waals surface area contributed by atoms with Gasteiger partial charge in [0.15, 0.2) is 0 Å². The summed E-state index contributed by atoms with van der Waals surface area (Å²) < 4.78 is 5.56. The van der Waals surface area contributed by atoms with Crippen LogP contribution < -0.4 is 4.90 Å². The number of amides is 2. The third-order valence-electron chi connectivity index (χ3n) is 7.28. The molecule has 2 amide bonds. The topological polar surface area (TPSA) is 82.1 Å². The normalized spacial score (nSPS) is 17.9. The molecule has 1 atom stereocenters. The van der Waals surface area contributed by atoms with Gasteiger partial charge in [-0.1, -0.05) is 37.3 Å². The van der Waals surface area contributed by atoms with E-state index in [2.05, 4.69) is 32.8 Å². The fourth-order valence-corrected chi connectivity index (χ4v) is 6.19. The van der Waals surface area contributed by atoms with Crippen LogP contribution in [0, 0.1) is 0 Å². The molecule has 2 aromatic heterocycles. The molecule has 1 aromatic carbocycles. The zero-order chi connectivity index (χ0) is 27.6. The minimum atomic E-state index is -0.530. The van der Waals surface area contributed by atoms with Crippen LogP contribution in [-0.4, -0.2) is 94.6 Å². The summed E-state index contributed by atoms with van der Waals surface area (Å²) in [5.74, 6) is 1.07. The summed E-state index contributed by atoms with van der Waals surface area (Å²) in [6.07, 6.45) is 2.33. The van der Waals surface area contributed by atoms with E-state index in [1.54, 1.807) is 22.6 Å². The van der Waals surface area contributed by atoms with E-state index in [4.69, 9.17) is 4.74 Å². The van der Waals surface area contributed by atoms with Gasteiger partial charge >= 0.3 is 6.09 Å². The Morgan fingerprint density at radius 3 is 2.26 bits per heavy atom. The lowest BCUT2D eigenvalue weighted by Gasteiger charge is -2.42. The number of anilines is 1. The van der Waals surface area contributed by atoms with Crippen molar-refractivity contribution in [2.45, 2.75) is 45.8 Å². The van der Waals surface area contributed by atoms with Crippen molar-refractivity contribution < 1.29 is 14.3 Å². The van der Waals surface area contributed by atoms with E-state index in [1.165, 1.54) is 4.88 Å². The molecule has 39 heavy (non-hydrogen) atoms. The average Bonchev–Trinajstić information content (AvgIpc) is 3.37. The number of hydrogen-bond donors (Lipinski definition) is 0. The number of hydrogen-bond acceptors (Lipinski definition) is 8. The van der Waals surface area contributed by atoms with E-state index >= 15 is 0 Å². The van der Waals surface area contributed by atoms with E-state index in [-0.39, 0.29) is 18.0 Å². The van der Waals surface area contributed by atoms with Gasteiger partial charge in [0.25, 0.3) is 0 Å². The quantitative estimate of drug-likeness (QED) is 0.471. The largest absolute Gasteiger partial charge is 0.444 e. The van der Waals surface area contributed by atoms with Crippen LogP contribution in [0.2, 0.25) is 0 Å². The zero-order valence-corrected chi connectivity index (χ0v) is 24.1. The summed E-state index contributed by atoms with van der Waals surface area (Å²) in [6, 6.07) is 11.8. The van der Waals surface area contributed by atoms with Crippen LogP contribution in [0.4, 0.5) is 10.6 Å². The molecule has 3 aromatic rings. The number of benzene rings is 1. The number of thiophene rings is 1. The first-order valence-electron chi connectivity index (χ1n) is 13.8. The number of carbonyl (C=O) groups is 2. The van der Waals surface area contributed by atoms with Gasteiger partial charge in [-0.2, -0.15) is 0 Å². The standard InChI is InChI=1S/C29H38N6O3S/c1-5-22-19-23-25(30-20-31-26(23)39-22)33-13-15-34(16-14-33)27(36)24(21-9-7-6-8-10-21)32-11-17-35(18-12-32)28(37)38-29(2,3)4/h6-10,19-20,24H,5,11-18H2,1-4H3. The zero-order valence-electron chi connectivity index (χ0n) is 23.3. The van der Waals surface area contributed by atoms with Crippen LogP contribution in [-0.2, 0) is 16.0 Å². The third-order valence-corrected chi connectivity index (χ3v) is 8.47. The lowest BCUT2D eigenvalue weighted by molar-refractivity contribution is -0.138. The SMILES string of the molecule is CCc1cc2c(N3CCN(C(=O)C(c4ccccc4)N4CCN(C(=O)OC(C)(C)C)CC4)CC3)ncnc2s1. The van der Waals surface area contributed by atoms with Crippen LogP contribution in [0.5, 0.6) is 0 Å². The predicted molar refractivity (Wildman–Crippen MR) is 154 cm³/mol. The molecule has 4 heterocycles. The van der Waals surface area contributed by atoms with Crippen LogP contribution >= 0.6 is 11.3 Å². The number of rotatable bonds is 5. The molecule has 0 saturated carbocycles. The summed E-state index contributed by atoms with van der Waals surface area (Å²) in [4.78, 5) is 46.2. The van der Waals surface area contributed by atoms with Crippen molar-refractivity contribution in [3.8, 4) is 0 Å². The van der Waals surface area contributed by atoms with Gasteiger partial charge < -0.3 is 19.4 Å². The van der Waals surface area contributed by atoms with E-state index in [0.717, 1.165) is 41.1 Å². The van der Waals surface area contributed by atoms with Gasteiger partial charge in [0.1, 0.15) is 28.6 Å². The number of aromatic nitrogens is 2. The molecule has 0 radical (unpaired) electrons. The van der Waals surface area contributed by atoms with E-state index in [9.17, 15) is 9.59 Å². The number of piperazine rings is 2. The lowest BCUT2D eigenvalue weighted by Crippen LogP contribution is -2.56. The smallest absolute Gasteiger partial charge is 0.410 e. The second-order valence-corrected chi connectivity index (χ2v) is 12.2. The number of fused-ring (bicyclic) bond motifs is 1. The highest BCUT2D eigenvalue weighted by Crippen LogP contribution is 2.32. The van der Waals surface area contributed by atoms with Crippen molar-refractivity contribution in [1.29, 1.82) is 0 Å². The van der Waals surface area contributed by atoms with Gasteiger partial charge in [0, 0.05) is 57.2 Å². The molecule has 0 spiro atoms. The molecule has 10 heteroatoms. The minimum absolute atomic E-state index is 0.114. The Kier molecular flexibility index (Phi) is 8.04. The molecular weight excluding hydrogens is 512 g/mol. The molecule has 2 aliphatic rings. The van der Waals surface area contributed by atoms with Crippen LogP contribution in [0.1, 0.15) is 44.2 Å². The molecule has 1 unspecified atom stereocenters. The monoisotopic (exact) mass is 550 g/mol.